The Hall–Kier alpha value is -4.26. The van der Waals surface area contributed by atoms with E-state index in [0.29, 0.717) is 60.9 Å². The van der Waals surface area contributed by atoms with Crippen LogP contribution < -0.4 is 21.7 Å². The number of hydrogen-bond acceptors (Lipinski definition) is 6. The number of hydrogen-bond donors (Lipinski definition) is 4. The molecule has 8 nitrogen and oxygen atoms in total. The molecule has 0 aliphatic carbocycles. The Morgan fingerprint density at radius 2 is 1.71 bits per heavy atom. The number of carbonyl (C=O) groups excluding carboxylic acids is 2. The average Bonchev–Trinajstić information content (AvgIpc) is 2.96. The van der Waals surface area contributed by atoms with Gasteiger partial charge in [-0.15, -0.1) is 0 Å². The van der Waals surface area contributed by atoms with Crippen molar-refractivity contribution in [2.24, 2.45) is 0 Å². The van der Waals surface area contributed by atoms with E-state index < -0.39 is 29.5 Å². The number of rotatable bonds is 10. The maximum Gasteiger partial charge on any atom is 0.419 e. The first-order chi connectivity index (χ1) is 20.1. The fraction of sp³-hybridized carbons (Fsp3) is 0.267. The summed E-state index contributed by atoms with van der Waals surface area (Å²) in [4.78, 5) is 27.7. The van der Waals surface area contributed by atoms with Gasteiger partial charge in [0.05, 0.1) is 30.2 Å². The Morgan fingerprint density at radius 3 is 2.38 bits per heavy atom. The smallest absolute Gasteiger partial charge is 0.397 e. The fourth-order valence-corrected chi connectivity index (χ4v) is 4.35. The molecule has 42 heavy (non-hydrogen) atoms. The van der Waals surface area contributed by atoms with Gasteiger partial charge in [0.25, 0.3) is 0 Å². The highest BCUT2D eigenvalue weighted by molar-refractivity contribution is 6.03. The molecule has 0 bridgehead atoms. The number of nitrogens with zero attached hydrogens (tertiary/aromatic N) is 1. The molecular weight excluding hydrogens is 554 g/mol. The Kier molecular flexibility index (Phi) is 10.3. The van der Waals surface area contributed by atoms with Gasteiger partial charge >= 0.3 is 6.18 Å². The van der Waals surface area contributed by atoms with Crippen molar-refractivity contribution < 1.29 is 31.9 Å². The first kappa shape index (κ1) is 30.7. The number of anilines is 3. The number of benzene rings is 3. The maximum atomic E-state index is 14.1. The van der Waals surface area contributed by atoms with Gasteiger partial charge in [-0.25, -0.2) is 4.39 Å². The quantitative estimate of drug-likeness (QED) is 0.156. The van der Waals surface area contributed by atoms with E-state index in [1.165, 1.54) is 6.08 Å². The molecule has 12 heteroatoms. The lowest BCUT2D eigenvalue weighted by Gasteiger charge is -2.27. The predicted octanol–water partition coefficient (Wildman–Crippen LogP) is 4.68. The molecule has 5 N–H and O–H groups in total. The summed E-state index contributed by atoms with van der Waals surface area (Å²) in [5.41, 5.74) is 6.53. The average molecular weight is 586 g/mol. The molecule has 3 aromatic rings. The van der Waals surface area contributed by atoms with Crippen LogP contribution in [0, 0.1) is 5.82 Å². The summed E-state index contributed by atoms with van der Waals surface area (Å²) >= 11 is 0. The first-order valence-electron chi connectivity index (χ1n) is 13.2. The lowest BCUT2D eigenvalue weighted by molar-refractivity contribution is -0.140. The van der Waals surface area contributed by atoms with Crippen LogP contribution in [-0.4, -0.2) is 56.1 Å². The molecule has 1 saturated heterocycles. The van der Waals surface area contributed by atoms with E-state index in [2.05, 4.69) is 20.9 Å². The second-order valence-corrected chi connectivity index (χ2v) is 9.60. The molecule has 1 heterocycles. The van der Waals surface area contributed by atoms with E-state index >= 15 is 0 Å². The molecule has 1 aliphatic rings. The molecule has 1 atom stereocenters. The van der Waals surface area contributed by atoms with Gasteiger partial charge in [-0.3, -0.25) is 14.5 Å². The van der Waals surface area contributed by atoms with Crippen molar-refractivity contribution in [3.8, 4) is 0 Å². The molecule has 1 unspecified atom stereocenters. The summed E-state index contributed by atoms with van der Waals surface area (Å²) in [6.07, 6.45) is -1.89. The van der Waals surface area contributed by atoms with Crippen molar-refractivity contribution in [2.45, 2.75) is 12.2 Å². The zero-order chi connectivity index (χ0) is 30.1. The highest BCUT2D eigenvalue weighted by atomic mass is 19.4. The van der Waals surface area contributed by atoms with Gasteiger partial charge in [-0.1, -0.05) is 36.4 Å². The van der Waals surface area contributed by atoms with E-state index in [4.69, 9.17) is 10.5 Å². The number of nitrogen functional groups attached to an aromatic ring is 1. The third-order valence-corrected chi connectivity index (χ3v) is 6.60. The maximum absolute atomic E-state index is 14.1. The van der Waals surface area contributed by atoms with Crippen LogP contribution in [0.3, 0.4) is 0 Å². The number of halogens is 4. The van der Waals surface area contributed by atoms with Crippen LogP contribution in [0.2, 0.25) is 0 Å². The summed E-state index contributed by atoms with van der Waals surface area (Å²) in [7, 11) is 0. The Bertz CT molecular complexity index is 1410. The summed E-state index contributed by atoms with van der Waals surface area (Å²) < 4.78 is 58.3. The van der Waals surface area contributed by atoms with Crippen molar-refractivity contribution >= 4 is 35.0 Å². The fourth-order valence-electron chi connectivity index (χ4n) is 4.35. The Balaban J connectivity index is 1.45. The van der Waals surface area contributed by atoms with Crippen molar-refractivity contribution in [3.63, 3.8) is 0 Å². The van der Waals surface area contributed by atoms with E-state index in [9.17, 15) is 27.2 Å². The van der Waals surface area contributed by atoms with Gasteiger partial charge in [-0.2, -0.15) is 13.2 Å². The van der Waals surface area contributed by atoms with Gasteiger partial charge < -0.3 is 26.4 Å². The van der Waals surface area contributed by atoms with Crippen LogP contribution in [0.5, 0.6) is 0 Å². The van der Waals surface area contributed by atoms with Gasteiger partial charge in [0.2, 0.25) is 11.8 Å². The molecule has 0 spiro atoms. The third-order valence-electron chi connectivity index (χ3n) is 6.60. The minimum atomic E-state index is -4.85. The number of nitrogens with two attached hydrogens (primary N) is 1. The molecule has 0 saturated carbocycles. The Labute approximate surface area is 240 Å². The minimum Gasteiger partial charge on any atom is -0.397 e. The van der Waals surface area contributed by atoms with Gasteiger partial charge in [0.15, 0.2) is 0 Å². The lowest BCUT2D eigenvalue weighted by Crippen LogP contribution is -2.42. The van der Waals surface area contributed by atoms with Crippen LogP contribution in [0.15, 0.2) is 72.8 Å². The number of carbonyl (C=O) groups is 2. The van der Waals surface area contributed by atoms with Crippen molar-refractivity contribution in [1.29, 1.82) is 0 Å². The zero-order valence-corrected chi connectivity index (χ0v) is 22.6. The van der Waals surface area contributed by atoms with E-state index in [0.717, 1.165) is 19.2 Å². The van der Waals surface area contributed by atoms with Gasteiger partial charge in [0, 0.05) is 37.9 Å². The number of morpholine rings is 1. The number of amides is 2. The molecule has 222 valence electrons. The summed E-state index contributed by atoms with van der Waals surface area (Å²) in [5.74, 6) is -2.42. The van der Waals surface area contributed by atoms with E-state index in [1.807, 2.05) is 0 Å². The number of alkyl halides is 3. The number of para-hydroxylation sites is 2. The standard InChI is InChI=1S/C30H31F4N5O3/c31-24-19-22(10-11-23(24)30(32,33)34)37-29(41)28(36-13-14-39-15-17-42-18-16-39)21-8-5-20(6-9-21)7-12-27(40)38-26-4-2-1-3-25(26)35/h1-12,19,28,36H,13-18,35H2,(H,37,41)(H,38,40). The van der Waals surface area contributed by atoms with Crippen LogP contribution in [0.25, 0.3) is 6.08 Å². The molecule has 0 aromatic heterocycles. The summed E-state index contributed by atoms with van der Waals surface area (Å²) in [6, 6.07) is 15.1. The molecule has 4 rings (SSSR count). The number of nitrogens with one attached hydrogen (secondary N) is 3. The monoisotopic (exact) mass is 585 g/mol. The van der Waals surface area contributed by atoms with Crippen LogP contribution in [0.1, 0.15) is 22.7 Å². The molecular formula is C30H31F4N5O3. The summed E-state index contributed by atoms with van der Waals surface area (Å²) in [5, 5.41) is 8.40. The van der Waals surface area contributed by atoms with Crippen molar-refractivity contribution in [3.05, 3.63) is 95.3 Å². The SMILES string of the molecule is Nc1ccccc1NC(=O)C=Cc1ccc(C(NCCN2CCOCC2)C(=O)Nc2ccc(C(F)(F)F)c(F)c2)cc1. The van der Waals surface area contributed by atoms with Crippen molar-refractivity contribution in [1.82, 2.24) is 10.2 Å². The van der Waals surface area contributed by atoms with Gasteiger partial charge in [-0.05, 0) is 47.5 Å². The Morgan fingerprint density at radius 1 is 1.00 bits per heavy atom. The molecule has 3 aromatic carbocycles. The molecule has 0 radical (unpaired) electrons. The van der Waals surface area contributed by atoms with Crippen LogP contribution >= 0.6 is 0 Å². The van der Waals surface area contributed by atoms with Crippen LogP contribution in [0.4, 0.5) is 34.6 Å². The molecule has 2 amide bonds. The topological polar surface area (TPSA) is 109 Å². The third kappa shape index (κ3) is 8.62. The van der Waals surface area contributed by atoms with E-state index in [1.54, 1.807) is 54.6 Å². The second kappa shape index (κ2) is 14.1. The zero-order valence-electron chi connectivity index (χ0n) is 22.6. The largest absolute Gasteiger partial charge is 0.419 e. The minimum absolute atomic E-state index is 0.102. The molecule has 1 fully saturated rings. The predicted molar refractivity (Wildman–Crippen MR) is 153 cm³/mol. The van der Waals surface area contributed by atoms with Crippen molar-refractivity contribution in [2.75, 3.05) is 55.8 Å². The first-order valence-corrected chi connectivity index (χ1v) is 13.2. The summed E-state index contributed by atoms with van der Waals surface area (Å²) in [6.45, 7) is 3.84. The second-order valence-electron chi connectivity index (χ2n) is 9.60. The number of ether oxygens (including phenoxy) is 1. The van der Waals surface area contributed by atoms with E-state index in [-0.39, 0.29) is 11.6 Å². The molecule has 1 aliphatic heterocycles. The van der Waals surface area contributed by atoms with Gasteiger partial charge in [0.1, 0.15) is 11.9 Å². The highest BCUT2D eigenvalue weighted by Crippen LogP contribution is 2.32. The van der Waals surface area contributed by atoms with Crippen LogP contribution in [-0.2, 0) is 20.5 Å². The lowest BCUT2D eigenvalue weighted by atomic mass is 10.0. The normalized spacial score (nSPS) is 15.0. The highest BCUT2D eigenvalue weighted by Gasteiger charge is 2.34.